The third-order valence-corrected chi connectivity index (χ3v) is 3.77. The maximum absolute atomic E-state index is 6.00. The SMILES string of the molecule is C/C(=C/Cl)CSc1c(N)cccc1Cl. The lowest BCUT2D eigenvalue weighted by Crippen LogP contribution is -1.90. The van der Waals surface area contributed by atoms with Gasteiger partial charge in [0.2, 0.25) is 0 Å². The van der Waals surface area contributed by atoms with Crippen molar-refractivity contribution in [3.05, 3.63) is 34.3 Å². The minimum absolute atomic E-state index is 0.692. The number of hydrogen-bond acceptors (Lipinski definition) is 2. The Kier molecular flexibility index (Phi) is 4.66. The molecule has 0 aliphatic rings. The van der Waals surface area contributed by atoms with Gasteiger partial charge in [-0.05, 0) is 19.1 Å². The van der Waals surface area contributed by atoms with Crippen LogP contribution in [0.3, 0.4) is 0 Å². The Bertz CT molecular complexity index is 330. The Morgan fingerprint density at radius 3 is 2.86 bits per heavy atom. The molecule has 0 bridgehead atoms. The van der Waals surface area contributed by atoms with Gasteiger partial charge in [-0.15, -0.1) is 11.8 Å². The van der Waals surface area contributed by atoms with Crippen molar-refractivity contribution in [2.24, 2.45) is 0 Å². The standard InChI is InChI=1S/C10H11Cl2NS/c1-7(5-11)6-14-10-8(12)3-2-4-9(10)13/h2-5H,6,13H2,1H3/b7-5-. The smallest absolute Gasteiger partial charge is 0.0562 e. The molecule has 0 saturated heterocycles. The number of benzene rings is 1. The lowest BCUT2D eigenvalue weighted by molar-refractivity contribution is 1.40. The fourth-order valence-corrected chi connectivity index (χ4v) is 2.31. The molecule has 4 heteroatoms. The first kappa shape index (κ1) is 11.8. The number of nitrogens with two attached hydrogens (primary N) is 1. The van der Waals surface area contributed by atoms with Crippen LogP contribution in [0.25, 0.3) is 0 Å². The highest BCUT2D eigenvalue weighted by Crippen LogP contribution is 2.33. The normalized spacial score (nSPS) is 11.8. The van der Waals surface area contributed by atoms with Crippen LogP contribution >= 0.6 is 35.0 Å². The molecule has 76 valence electrons. The van der Waals surface area contributed by atoms with Gasteiger partial charge in [0.15, 0.2) is 0 Å². The molecule has 0 amide bonds. The molecule has 0 aromatic heterocycles. The number of nitrogen functional groups attached to an aromatic ring is 1. The summed E-state index contributed by atoms with van der Waals surface area (Å²) in [4.78, 5) is 0.923. The summed E-state index contributed by atoms with van der Waals surface area (Å²) in [7, 11) is 0. The molecule has 0 radical (unpaired) electrons. The Labute approximate surface area is 98.3 Å². The Morgan fingerprint density at radius 2 is 2.29 bits per heavy atom. The van der Waals surface area contributed by atoms with Crippen LogP contribution in [-0.4, -0.2) is 5.75 Å². The second kappa shape index (κ2) is 5.54. The average Bonchev–Trinajstić information content (AvgIpc) is 2.16. The molecule has 1 aromatic carbocycles. The molecule has 1 aromatic rings. The van der Waals surface area contributed by atoms with Gasteiger partial charge in [-0.1, -0.05) is 34.8 Å². The highest BCUT2D eigenvalue weighted by atomic mass is 35.5. The van der Waals surface area contributed by atoms with E-state index in [9.17, 15) is 0 Å². The molecule has 0 atom stereocenters. The average molecular weight is 248 g/mol. The van der Waals surface area contributed by atoms with Crippen molar-refractivity contribution in [2.45, 2.75) is 11.8 Å². The quantitative estimate of drug-likeness (QED) is 0.642. The summed E-state index contributed by atoms with van der Waals surface area (Å²) >= 11 is 13.2. The molecule has 0 saturated carbocycles. The summed E-state index contributed by atoms with van der Waals surface area (Å²) in [6.45, 7) is 1.97. The van der Waals surface area contributed by atoms with Gasteiger partial charge in [0.25, 0.3) is 0 Å². The zero-order valence-corrected chi connectivity index (χ0v) is 10.1. The molecular formula is C10H11Cl2NS. The van der Waals surface area contributed by atoms with Crippen molar-refractivity contribution in [1.82, 2.24) is 0 Å². The van der Waals surface area contributed by atoms with Crippen LogP contribution in [0.5, 0.6) is 0 Å². The summed E-state index contributed by atoms with van der Waals surface area (Å²) in [6.07, 6.45) is 0. The van der Waals surface area contributed by atoms with E-state index in [2.05, 4.69) is 0 Å². The van der Waals surface area contributed by atoms with Gasteiger partial charge in [0.05, 0.1) is 5.02 Å². The summed E-state index contributed by atoms with van der Waals surface area (Å²) in [5.41, 5.74) is 9.17. The molecule has 1 rings (SSSR count). The van der Waals surface area contributed by atoms with E-state index in [1.807, 2.05) is 25.1 Å². The lowest BCUT2D eigenvalue weighted by atomic mass is 10.3. The van der Waals surface area contributed by atoms with Crippen LogP contribution in [0.2, 0.25) is 5.02 Å². The predicted octanol–water partition coefficient (Wildman–Crippen LogP) is 4.16. The van der Waals surface area contributed by atoms with Gasteiger partial charge in [0.1, 0.15) is 0 Å². The lowest BCUT2D eigenvalue weighted by Gasteiger charge is -2.06. The van der Waals surface area contributed by atoms with Crippen LogP contribution in [0.4, 0.5) is 5.69 Å². The van der Waals surface area contributed by atoms with Crippen LogP contribution in [-0.2, 0) is 0 Å². The summed E-state index contributed by atoms with van der Waals surface area (Å²) < 4.78 is 0. The zero-order valence-electron chi connectivity index (χ0n) is 7.76. The van der Waals surface area contributed by atoms with Gasteiger partial charge in [-0.25, -0.2) is 0 Å². The van der Waals surface area contributed by atoms with E-state index in [1.54, 1.807) is 17.3 Å². The maximum Gasteiger partial charge on any atom is 0.0562 e. The zero-order chi connectivity index (χ0) is 10.6. The Morgan fingerprint density at radius 1 is 1.57 bits per heavy atom. The largest absolute Gasteiger partial charge is 0.398 e. The fourth-order valence-electron chi connectivity index (χ4n) is 0.895. The van der Waals surface area contributed by atoms with Gasteiger partial charge >= 0.3 is 0 Å². The van der Waals surface area contributed by atoms with Crippen molar-refractivity contribution in [3.63, 3.8) is 0 Å². The molecule has 14 heavy (non-hydrogen) atoms. The Balaban J connectivity index is 2.76. The van der Waals surface area contributed by atoms with E-state index in [0.29, 0.717) is 10.7 Å². The van der Waals surface area contributed by atoms with Crippen LogP contribution in [0, 0.1) is 0 Å². The van der Waals surface area contributed by atoms with Crippen LogP contribution in [0.1, 0.15) is 6.92 Å². The second-order valence-corrected chi connectivity index (χ2v) is 4.51. The van der Waals surface area contributed by atoms with Gasteiger partial charge in [-0.2, -0.15) is 0 Å². The minimum Gasteiger partial charge on any atom is -0.398 e. The maximum atomic E-state index is 6.00. The highest BCUT2D eigenvalue weighted by Gasteiger charge is 2.04. The van der Waals surface area contributed by atoms with E-state index >= 15 is 0 Å². The van der Waals surface area contributed by atoms with Crippen LogP contribution in [0.15, 0.2) is 34.2 Å². The Hall–Kier alpha value is -0.310. The number of halogens is 2. The summed E-state index contributed by atoms with van der Waals surface area (Å²) in [5.74, 6) is 0.803. The molecule has 0 fully saturated rings. The highest BCUT2D eigenvalue weighted by molar-refractivity contribution is 7.99. The topological polar surface area (TPSA) is 26.0 Å². The monoisotopic (exact) mass is 247 g/mol. The first-order valence-electron chi connectivity index (χ1n) is 4.07. The molecule has 0 aliphatic heterocycles. The van der Waals surface area contributed by atoms with E-state index in [0.717, 1.165) is 16.2 Å². The van der Waals surface area contributed by atoms with Crippen molar-refractivity contribution in [3.8, 4) is 0 Å². The molecule has 1 nitrogen and oxygen atoms in total. The summed E-state index contributed by atoms with van der Waals surface area (Å²) in [6, 6.07) is 5.51. The van der Waals surface area contributed by atoms with Crippen molar-refractivity contribution < 1.29 is 0 Å². The second-order valence-electron chi connectivity index (χ2n) is 2.90. The third-order valence-electron chi connectivity index (χ3n) is 1.63. The number of thioether (sulfide) groups is 1. The van der Waals surface area contributed by atoms with E-state index in [1.165, 1.54) is 0 Å². The number of rotatable bonds is 3. The van der Waals surface area contributed by atoms with E-state index in [-0.39, 0.29) is 0 Å². The molecule has 0 heterocycles. The third kappa shape index (κ3) is 3.12. The number of hydrogen-bond donors (Lipinski definition) is 1. The number of anilines is 1. The van der Waals surface area contributed by atoms with Gasteiger partial charge in [0, 0.05) is 21.9 Å². The predicted molar refractivity (Wildman–Crippen MR) is 66.2 cm³/mol. The molecule has 0 unspecified atom stereocenters. The fraction of sp³-hybridized carbons (Fsp3) is 0.200. The molecule has 0 aliphatic carbocycles. The molecular weight excluding hydrogens is 237 g/mol. The summed E-state index contributed by atoms with van der Waals surface area (Å²) in [5, 5.41) is 0.692. The first-order valence-corrected chi connectivity index (χ1v) is 5.87. The molecule has 2 N–H and O–H groups in total. The van der Waals surface area contributed by atoms with Gasteiger partial charge in [-0.3, -0.25) is 0 Å². The van der Waals surface area contributed by atoms with Gasteiger partial charge < -0.3 is 5.73 Å². The van der Waals surface area contributed by atoms with Crippen molar-refractivity contribution in [2.75, 3.05) is 11.5 Å². The minimum atomic E-state index is 0.692. The van der Waals surface area contributed by atoms with Crippen LogP contribution < -0.4 is 5.73 Å². The van der Waals surface area contributed by atoms with Crippen molar-refractivity contribution in [1.29, 1.82) is 0 Å². The molecule has 0 spiro atoms. The van der Waals surface area contributed by atoms with E-state index < -0.39 is 0 Å². The van der Waals surface area contributed by atoms with E-state index in [4.69, 9.17) is 28.9 Å². The van der Waals surface area contributed by atoms with Crippen molar-refractivity contribution >= 4 is 40.7 Å². The first-order chi connectivity index (χ1) is 6.65.